The number of rotatable bonds is 8. The predicted molar refractivity (Wildman–Crippen MR) is 122 cm³/mol. The number of sulfonamides is 1. The number of anilines is 1. The Balaban J connectivity index is 1.91. The van der Waals surface area contributed by atoms with E-state index in [1.807, 2.05) is 19.9 Å². The first-order valence-corrected chi connectivity index (χ1v) is 12.1. The van der Waals surface area contributed by atoms with Gasteiger partial charge in [0, 0.05) is 26.1 Å². The minimum atomic E-state index is -3.78. The summed E-state index contributed by atoms with van der Waals surface area (Å²) in [6.07, 6.45) is 1.94. The molecule has 1 aromatic heterocycles. The van der Waals surface area contributed by atoms with Gasteiger partial charge in [-0.1, -0.05) is 19.9 Å². The lowest BCUT2D eigenvalue weighted by atomic mass is 9.97. The number of hydrogen-bond donors (Lipinski definition) is 2. The standard InChI is InChI=1S/C22H33N5O3S/c1-15(2)17-6-7-19(30-5)20(12-17)31(28,29)27(4)14-18-13-21(23-3)26-22(25-18)16-8-10-24-11-9-16/h6-7,12-13,15-16,24H,8-11,14H2,1-5H3,(H,23,25,26). The van der Waals surface area contributed by atoms with Gasteiger partial charge in [-0.25, -0.2) is 18.4 Å². The molecule has 9 heteroatoms. The summed E-state index contributed by atoms with van der Waals surface area (Å²) in [5, 5.41) is 6.42. The van der Waals surface area contributed by atoms with Crippen LogP contribution in [-0.4, -0.2) is 57.0 Å². The van der Waals surface area contributed by atoms with Gasteiger partial charge in [0.25, 0.3) is 0 Å². The second kappa shape index (κ2) is 9.93. The molecule has 2 N–H and O–H groups in total. The second-order valence-corrected chi connectivity index (χ2v) is 10.2. The fraction of sp³-hybridized carbons (Fsp3) is 0.545. The highest BCUT2D eigenvalue weighted by Gasteiger charge is 2.27. The van der Waals surface area contributed by atoms with Crippen molar-refractivity contribution in [3.05, 3.63) is 41.3 Å². The maximum atomic E-state index is 13.4. The van der Waals surface area contributed by atoms with Crippen LogP contribution in [0.1, 0.15) is 55.6 Å². The SMILES string of the molecule is CNc1cc(CN(C)S(=O)(=O)c2cc(C(C)C)ccc2OC)nc(C2CCNCC2)n1. The van der Waals surface area contributed by atoms with Crippen molar-refractivity contribution in [2.45, 2.75) is 50.0 Å². The van der Waals surface area contributed by atoms with Gasteiger partial charge in [-0.15, -0.1) is 0 Å². The van der Waals surface area contributed by atoms with E-state index in [4.69, 9.17) is 9.72 Å². The van der Waals surface area contributed by atoms with Gasteiger partial charge >= 0.3 is 0 Å². The van der Waals surface area contributed by atoms with E-state index in [2.05, 4.69) is 15.6 Å². The van der Waals surface area contributed by atoms with Crippen LogP contribution in [0.15, 0.2) is 29.2 Å². The molecule has 0 bridgehead atoms. The lowest BCUT2D eigenvalue weighted by Crippen LogP contribution is -2.29. The Hall–Kier alpha value is -2.23. The zero-order chi connectivity index (χ0) is 22.6. The Morgan fingerprint density at radius 1 is 1.23 bits per heavy atom. The largest absolute Gasteiger partial charge is 0.495 e. The maximum Gasteiger partial charge on any atom is 0.246 e. The molecule has 31 heavy (non-hydrogen) atoms. The van der Waals surface area contributed by atoms with E-state index in [0.717, 1.165) is 37.3 Å². The molecule has 1 aromatic carbocycles. The monoisotopic (exact) mass is 447 g/mol. The molecule has 3 rings (SSSR count). The van der Waals surface area contributed by atoms with Crippen LogP contribution in [0.3, 0.4) is 0 Å². The highest BCUT2D eigenvalue weighted by atomic mass is 32.2. The molecule has 1 fully saturated rings. The number of nitrogens with zero attached hydrogens (tertiary/aromatic N) is 3. The topological polar surface area (TPSA) is 96.5 Å². The van der Waals surface area contributed by atoms with Gasteiger partial charge in [0.1, 0.15) is 22.3 Å². The van der Waals surface area contributed by atoms with E-state index in [-0.39, 0.29) is 23.3 Å². The molecule has 0 unspecified atom stereocenters. The molecule has 0 amide bonds. The average molecular weight is 448 g/mol. The van der Waals surface area contributed by atoms with E-state index in [9.17, 15) is 8.42 Å². The third-order valence-corrected chi connectivity index (χ3v) is 7.51. The third-order valence-electron chi connectivity index (χ3n) is 5.68. The van der Waals surface area contributed by atoms with Crippen LogP contribution in [0.5, 0.6) is 5.75 Å². The first-order valence-electron chi connectivity index (χ1n) is 10.7. The zero-order valence-electron chi connectivity index (χ0n) is 19.0. The Morgan fingerprint density at radius 3 is 2.55 bits per heavy atom. The number of methoxy groups -OCH3 is 1. The summed E-state index contributed by atoms with van der Waals surface area (Å²) in [6, 6.07) is 7.12. The van der Waals surface area contributed by atoms with Crippen LogP contribution in [0, 0.1) is 0 Å². The molecule has 0 spiro atoms. The van der Waals surface area contributed by atoms with Crippen LogP contribution in [0.4, 0.5) is 5.82 Å². The Morgan fingerprint density at radius 2 is 1.94 bits per heavy atom. The fourth-order valence-corrected chi connectivity index (χ4v) is 5.05. The van der Waals surface area contributed by atoms with Crippen LogP contribution >= 0.6 is 0 Å². The molecule has 0 saturated carbocycles. The third kappa shape index (κ3) is 5.34. The van der Waals surface area contributed by atoms with E-state index < -0.39 is 10.0 Å². The number of nitrogens with one attached hydrogen (secondary N) is 2. The summed E-state index contributed by atoms with van der Waals surface area (Å²) in [4.78, 5) is 9.52. The Bertz CT molecular complexity index is 1000. The highest BCUT2D eigenvalue weighted by Crippen LogP contribution is 2.31. The van der Waals surface area contributed by atoms with Crippen LogP contribution in [0.2, 0.25) is 0 Å². The molecule has 2 aromatic rings. The van der Waals surface area contributed by atoms with Gasteiger partial charge in [0.15, 0.2) is 0 Å². The summed E-state index contributed by atoms with van der Waals surface area (Å²) in [5.74, 6) is 2.29. The van der Waals surface area contributed by atoms with Crippen molar-refractivity contribution in [1.82, 2.24) is 19.6 Å². The molecule has 1 aliphatic rings. The lowest BCUT2D eigenvalue weighted by molar-refractivity contribution is 0.396. The summed E-state index contributed by atoms with van der Waals surface area (Å²) >= 11 is 0. The smallest absolute Gasteiger partial charge is 0.246 e. The van der Waals surface area contributed by atoms with E-state index >= 15 is 0 Å². The van der Waals surface area contributed by atoms with Crippen LogP contribution < -0.4 is 15.4 Å². The summed E-state index contributed by atoms with van der Waals surface area (Å²) < 4.78 is 33.5. The number of benzene rings is 1. The van der Waals surface area contributed by atoms with Gasteiger partial charge in [0.2, 0.25) is 10.0 Å². The average Bonchev–Trinajstić information content (AvgIpc) is 2.78. The Kier molecular flexibility index (Phi) is 7.51. The lowest BCUT2D eigenvalue weighted by Gasteiger charge is -2.23. The second-order valence-electron chi connectivity index (χ2n) is 8.20. The molecule has 8 nitrogen and oxygen atoms in total. The molecular formula is C22H33N5O3S. The molecule has 0 aliphatic carbocycles. The van der Waals surface area contributed by atoms with Crippen molar-refractivity contribution < 1.29 is 13.2 Å². The molecule has 0 radical (unpaired) electrons. The zero-order valence-corrected chi connectivity index (χ0v) is 19.8. The predicted octanol–water partition coefficient (Wildman–Crippen LogP) is 2.94. The Labute approximate surface area is 185 Å². The number of ether oxygens (including phenoxy) is 1. The van der Waals surface area contributed by atoms with Gasteiger partial charge < -0.3 is 15.4 Å². The van der Waals surface area contributed by atoms with Crippen molar-refractivity contribution in [3.63, 3.8) is 0 Å². The van der Waals surface area contributed by atoms with Crippen molar-refractivity contribution in [3.8, 4) is 5.75 Å². The summed E-state index contributed by atoms with van der Waals surface area (Å²) in [6.45, 7) is 6.09. The summed E-state index contributed by atoms with van der Waals surface area (Å²) in [5.41, 5.74) is 1.61. The molecule has 0 atom stereocenters. The van der Waals surface area contributed by atoms with Gasteiger partial charge in [0.05, 0.1) is 19.3 Å². The number of piperidine rings is 1. The van der Waals surface area contributed by atoms with E-state index in [0.29, 0.717) is 17.3 Å². The van der Waals surface area contributed by atoms with Crippen LogP contribution in [-0.2, 0) is 16.6 Å². The minimum Gasteiger partial charge on any atom is -0.495 e. The first kappa shape index (κ1) is 23.4. The van der Waals surface area contributed by atoms with Gasteiger partial charge in [-0.05, 0) is 49.5 Å². The van der Waals surface area contributed by atoms with Crippen LogP contribution in [0.25, 0.3) is 0 Å². The normalized spacial score (nSPS) is 15.5. The quantitative estimate of drug-likeness (QED) is 0.642. The van der Waals surface area contributed by atoms with Crippen molar-refractivity contribution in [1.29, 1.82) is 0 Å². The van der Waals surface area contributed by atoms with Gasteiger partial charge in [-0.2, -0.15) is 4.31 Å². The number of hydrogen-bond acceptors (Lipinski definition) is 7. The minimum absolute atomic E-state index is 0.145. The first-order chi connectivity index (χ1) is 14.8. The van der Waals surface area contributed by atoms with Crippen molar-refractivity contribution in [2.75, 3.05) is 39.6 Å². The molecular weight excluding hydrogens is 414 g/mol. The van der Waals surface area contributed by atoms with E-state index in [1.165, 1.54) is 11.4 Å². The molecule has 1 saturated heterocycles. The molecule has 1 aliphatic heterocycles. The molecule has 2 heterocycles. The van der Waals surface area contributed by atoms with Gasteiger partial charge in [-0.3, -0.25) is 0 Å². The maximum absolute atomic E-state index is 13.4. The highest BCUT2D eigenvalue weighted by molar-refractivity contribution is 7.89. The van der Waals surface area contributed by atoms with Crippen molar-refractivity contribution >= 4 is 15.8 Å². The molecule has 170 valence electrons. The van der Waals surface area contributed by atoms with E-state index in [1.54, 1.807) is 32.3 Å². The summed E-state index contributed by atoms with van der Waals surface area (Å²) in [7, 11) is 1.09. The fourth-order valence-electron chi connectivity index (χ4n) is 3.72. The number of aromatic nitrogens is 2. The van der Waals surface area contributed by atoms with Crippen molar-refractivity contribution in [2.24, 2.45) is 0 Å².